The summed E-state index contributed by atoms with van der Waals surface area (Å²) in [5.41, 5.74) is 10.2. The molecule has 0 saturated heterocycles. The van der Waals surface area contributed by atoms with Crippen LogP contribution in [0.3, 0.4) is 0 Å². The van der Waals surface area contributed by atoms with Crippen molar-refractivity contribution in [3.63, 3.8) is 0 Å². The summed E-state index contributed by atoms with van der Waals surface area (Å²) < 4.78 is 6.81. The fourth-order valence-electron chi connectivity index (χ4n) is 6.54. The highest BCUT2D eigenvalue weighted by Gasteiger charge is 2.20. The monoisotopic (exact) mass is 574 g/mol. The molecule has 2 heterocycles. The van der Waals surface area contributed by atoms with Gasteiger partial charge in [0.15, 0.2) is 5.82 Å². The van der Waals surface area contributed by atoms with E-state index in [1.54, 1.807) is 0 Å². The molecule has 0 bridgehead atoms. The third-order valence-corrected chi connectivity index (χ3v) is 8.68. The molecule has 210 valence electrons. The standard InChI is InChI=1S/C42H26N2O/c1-3-13-27(14-4-1)29-17-11-18-30(25-29)36-26-37-33-22-12-23-35(40(33)45-41(37)32-20-8-7-19-31(32)36)42-43-38-24-10-9-21-34(38)39(44-42)28-15-5-2-6-16-28/h1-26H. The summed E-state index contributed by atoms with van der Waals surface area (Å²) >= 11 is 0. The van der Waals surface area contributed by atoms with Crippen molar-refractivity contribution in [2.45, 2.75) is 0 Å². The van der Waals surface area contributed by atoms with Crippen molar-refractivity contribution in [2.24, 2.45) is 0 Å². The van der Waals surface area contributed by atoms with Gasteiger partial charge < -0.3 is 4.42 Å². The molecule has 0 spiro atoms. The number of hydrogen-bond acceptors (Lipinski definition) is 3. The van der Waals surface area contributed by atoms with E-state index in [0.29, 0.717) is 5.82 Å². The van der Waals surface area contributed by atoms with Gasteiger partial charge in [-0.05, 0) is 51.9 Å². The Hall–Kier alpha value is -6.06. The summed E-state index contributed by atoms with van der Waals surface area (Å²) in [7, 11) is 0. The number of para-hydroxylation sites is 2. The zero-order valence-electron chi connectivity index (χ0n) is 24.3. The van der Waals surface area contributed by atoms with Gasteiger partial charge in [0.05, 0.1) is 16.8 Å². The molecule has 0 unspecified atom stereocenters. The molecule has 0 radical (unpaired) electrons. The molecule has 0 fully saturated rings. The van der Waals surface area contributed by atoms with Crippen LogP contribution < -0.4 is 0 Å². The zero-order chi connectivity index (χ0) is 29.7. The molecule has 0 saturated carbocycles. The maximum atomic E-state index is 6.81. The Bertz CT molecular complexity index is 2530. The van der Waals surface area contributed by atoms with Gasteiger partial charge in [-0.3, -0.25) is 0 Å². The van der Waals surface area contributed by atoms with Crippen LogP contribution in [0.2, 0.25) is 0 Å². The molecule has 0 amide bonds. The lowest BCUT2D eigenvalue weighted by molar-refractivity contribution is 0.673. The van der Waals surface area contributed by atoms with Crippen LogP contribution in [-0.2, 0) is 0 Å². The lowest BCUT2D eigenvalue weighted by Gasteiger charge is -2.10. The van der Waals surface area contributed by atoms with Crippen LogP contribution in [0.1, 0.15) is 0 Å². The molecular weight excluding hydrogens is 548 g/mol. The van der Waals surface area contributed by atoms with E-state index >= 15 is 0 Å². The van der Waals surface area contributed by atoms with Crippen molar-refractivity contribution in [3.8, 4) is 44.9 Å². The van der Waals surface area contributed by atoms with Crippen LogP contribution in [0.4, 0.5) is 0 Å². The first-order valence-corrected chi connectivity index (χ1v) is 15.2. The first kappa shape index (κ1) is 25.4. The molecule has 0 N–H and O–H groups in total. The first-order chi connectivity index (χ1) is 22.3. The van der Waals surface area contributed by atoms with Gasteiger partial charge in [-0.1, -0.05) is 133 Å². The Morgan fingerprint density at radius 2 is 0.956 bits per heavy atom. The number of furan rings is 1. The Labute approximate surface area is 260 Å². The Morgan fingerprint density at radius 1 is 0.356 bits per heavy atom. The Balaban J connectivity index is 1.29. The molecule has 7 aromatic carbocycles. The molecule has 0 aliphatic carbocycles. The highest BCUT2D eigenvalue weighted by atomic mass is 16.3. The van der Waals surface area contributed by atoms with Crippen molar-refractivity contribution in [1.29, 1.82) is 0 Å². The van der Waals surface area contributed by atoms with Gasteiger partial charge in [-0.15, -0.1) is 0 Å². The number of fused-ring (bicyclic) bond motifs is 6. The average molecular weight is 575 g/mol. The van der Waals surface area contributed by atoms with Gasteiger partial charge in [-0.2, -0.15) is 0 Å². The van der Waals surface area contributed by atoms with Crippen LogP contribution in [0.5, 0.6) is 0 Å². The average Bonchev–Trinajstić information content (AvgIpc) is 3.51. The minimum Gasteiger partial charge on any atom is -0.455 e. The van der Waals surface area contributed by atoms with Crippen molar-refractivity contribution in [3.05, 3.63) is 158 Å². The number of aromatic nitrogens is 2. The largest absolute Gasteiger partial charge is 0.455 e. The molecule has 0 aliphatic heterocycles. The van der Waals surface area contributed by atoms with Crippen LogP contribution >= 0.6 is 0 Å². The highest BCUT2D eigenvalue weighted by molar-refractivity contribution is 6.20. The van der Waals surface area contributed by atoms with E-state index in [1.807, 2.05) is 30.3 Å². The minimum absolute atomic E-state index is 0.650. The summed E-state index contributed by atoms with van der Waals surface area (Å²) in [5, 5.41) is 5.39. The number of benzene rings is 7. The first-order valence-electron chi connectivity index (χ1n) is 15.2. The van der Waals surface area contributed by atoms with Gasteiger partial charge >= 0.3 is 0 Å². The fourth-order valence-corrected chi connectivity index (χ4v) is 6.54. The van der Waals surface area contributed by atoms with Crippen molar-refractivity contribution in [2.75, 3.05) is 0 Å². The summed E-state index contributed by atoms with van der Waals surface area (Å²) in [6, 6.07) is 54.9. The molecule has 9 aromatic rings. The van der Waals surface area contributed by atoms with Gasteiger partial charge in [0.2, 0.25) is 0 Å². The third kappa shape index (κ3) is 4.21. The normalized spacial score (nSPS) is 11.6. The maximum Gasteiger partial charge on any atom is 0.164 e. The van der Waals surface area contributed by atoms with E-state index in [9.17, 15) is 0 Å². The van der Waals surface area contributed by atoms with Crippen molar-refractivity contribution >= 4 is 43.6 Å². The number of rotatable bonds is 4. The van der Waals surface area contributed by atoms with Crippen LogP contribution in [0, 0.1) is 0 Å². The summed E-state index contributed by atoms with van der Waals surface area (Å²) in [6.07, 6.45) is 0. The van der Waals surface area contributed by atoms with Gasteiger partial charge in [-0.25, -0.2) is 9.97 Å². The molecule has 45 heavy (non-hydrogen) atoms. The lowest BCUT2D eigenvalue weighted by atomic mass is 9.93. The van der Waals surface area contributed by atoms with Crippen LogP contribution in [0.25, 0.3) is 88.5 Å². The summed E-state index contributed by atoms with van der Waals surface area (Å²) in [5.74, 6) is 0.650. The second kappa shape index (κ2) is 10.3. The summed E-state index contributed by atoms with van der Waals surface area (Å²) in [4.78, 5) is 10.2. The molecule has 3 heteroatoms. The Kier molecular flexibility index (Phi) is 5.82. The van der Waals surface area contributed by atoms with E-state index in [2.05, 4.69) is 127 Å². The fraction of sp³-hybridized carbons (Fsp3) is 0. The SMILES string of the molecule is c1ccc(-c2cccc(-c3cc4c5cccc(-c6nc(-c7ccccc7)c7ccccc7n6)c5oc4c4ccccc34)c2)cc1. The Morgan fingerprint density at radius 3 is 1.78 bits per heavy atom. The zero-order valence-corrected chi connectivity index (χ0v) is 24.3. The molecule has 0 aliphatic rings. The second-order valence-corrected chi connectivity index (χ2v) is 11.4. The van der Waals surface area contributed by atoms with E-state index < -0.39 is 0 Å². The van der Waals surface area contributed by atoms with Gasteiger partial charge in [0, 0.05) is 27.1 Å². The van der Waals surface area contributed by atoms with E-state index in [1.165, 1.54) is 22.3 Å². The topological polar surface area (TPSA) is 38.9 Å². The smallest absolute Gasteiger partial charge is 0.164 e. The summed E-state index contributed by atoms with van der Waals surface area (Å²) in [6.45, 7) is 0. The predicted octanol–water partition coefficient (Wildman–Crippen LogP) is 11.4. The molecule has 9 rings (SSSR count). The van der Waals surface area contributed by atoms with E-state index in [0.717, 1.165) is 60.4 Å². The van der Waals surface area contributed by atoms with Crippen molar-refractivity contribution in [1.82, 2.24) is 9.97 Å². The quantitative estimate of drug-likeness (QED) is 0.210. The van der Waals surface area contributed by atoms with Gasteiger partial charge in [0.1, 0.15) is 11.2 Å². The number of hydrogen-bond donors (Lipinski definition) is 0. The molecular formula is C42H26N2O. The van der Waals surface area contributed by atoms with E-state index in [-0.39, 0.29) is 0 Å². The van der Waals surface area contributed by atoms with Crippen molar-refractivity contribution < 1.29 is 4.42 Å². The minimum atomic E-state index is 0.650. The van der Waals surface area contributed by atoms with E-state index in [4.69, 9.17) is 14.4 Å². The molecule has 3 nitrogen and oxygen atoms in total. The molecule has 0 atom stereocenters. The van der Waals surface area contributed by atoms with Crippen LogP contribution in [-0.4, -0.2) is 9.97 Å². The lowest BCUT2D eigenvalue weighted by Crippen LogP contribution is -1.95. The van der Waals surface area contributed by atoms with Crippen LogP contribution in [0.15, 0.2) is 162 Å². The molecule has 2 aromatic heterocycles. The highest BCUT2D eigenvalue weighted by Crippen LogP contribution is 2.43. The maximum absolute atomic E-state index is 6.81. The second-order valence-electron chi connectivity index (χ2n) is 11.4. The number of nitrogens with zero attached hydrogens (tertiary/aromatic N) is 2. The predicted molar refractivity (Wildman–Crippen MR) is 186 cm³/mol. The third-order valence-electron chi connectivity index (χ3n) is 8.68. The van der Waals surface area contributed by atoms with Gasteiger partial charge in [0.25, 0.3) is 0 Å².